The van der Waals surface area contributed by atoms with Gasteiger partial charge in [0.15, 0.2) is 12.2 Å². The van der Waals surface area contributed by atoms with Gasteiger partial charge in [0.25, 0.3) is 0 Å². The first-order valence-electron chi connectivity index (χ1n) is 7.07. The van der Waals surface area contributed by atoms with Crippen LogP contribution in [-0.2, 0) is 22.7 Å². The summed E-state index contributed by atoms with van der Waals surface area (Å²) in [5.41, 5.74) is 2.09. The molecule has 0 aliphatic heterocycles. The summed E-state index contributed by atoms with van der Waals surface area (Å²) < 4.78 is 11.4. The largest absolute Gasteiger partial charge is 0.357 e. The van der Waals surface area contributed by atoms with Crippen molar-refractivity contribution >= 4 is 0 Å². The molecule has 2 aromatic rings. The molecule has 0 amide bonds. The lowest BCUT2D eigenvalue weighted by Crippen LogP contribution is -2.29. The molecule has 2 nitrogen and oxygen atoms in total. The molecule has 2 heteroatoms. The van der Waals surface area contributed by atoms with Crippen LogP contribution in [0, 0.1) is 24.7 Å². The Bertz CT molecular complexity index is 575. The van der Waals surface area contributed by atoms with Gasteiger partial charge < -0.3 is 9.47 Å². The molecule has 0 aromatic heterocycles. The average molecular weight is 290 g/mol. The zero-order valence-corrected chi connectivity index (χ0v) is 12.3. The van der Waals surface area contributed by atoms with Crippen LogP contribution < -0.4 is 0 Å². The predicted molar refractivity (Wildman–Crippen MR) is 87.7 cm³/mol. The molecule has 0 heterocycles. The molecule has 0 aliphatic rings. The summed E-state index contributed by atoms with van der Waals surface area (Å²) >= 11 is 0. The molecular weight excluding hydrogens is 272 g/mol. The molecule has 110 valence electrons. The highest BCUT2D eigenvalue weighted by atomic mass is 16.5. The highest BCUT2D eigenvalue weighted by molar-refractivity contribution is 5.16. The number of terminal acetylenes is 2. The summed E-state index contributed by atoms with van der Waals surface area (Å²) in [5.74, 6) is 5.14. The minimum absolute atomic E-state index is 0.405. The Labute approximate surface area is 132 Å². The van der Waals surface area contributed by atoms with Gasteiger partial charge in [0.1, 0.15) is 0 Å². The van der Waals surface area contributed by atoms with Gasteiger partial charge in [-0.05, 0) is 11.1 Å². The fourth-order valence-electron chi connectivity index (χ4n) is 1.97. The van der Waals surface area contributed by atoms with Crippen LogP contribution in [0.2, 0.25) is 0 Å². The molecule has 2 atom stereocenters. The summed E-state index contributed by atoms with van der Waals surface area (Å²) in [5, 5.41) is 0. The summed E-state index contributed by atoms with van der Waals surface area (Å²) in [6.07, 6.45) is 9.91. The molecule has 0 fully saturated rings. The molecule has 0 aliphatic carbocycles. The van der Waals surface area contributed by atoms with E-state index in [0.29, 0.717) is 13.2 Å². The smallest absolute Gasteiger partial charge is 0.155 e. The molecule has 0 saturated heterocycles. The lowest BCUT2D eigenvalue weighted by atomic mass is 10.2. The third-order valence-electron chi connectivity index (χ3n) is 3.15. The third kappa shape index (κ3) is 4.79. The van der Waals surface area contributed by atoms with Crippen LogP contribution in [-0.4, -0.2) is 12.2 Å². The van der Waals surface area contributed by atoms with Crippen molar-refractivity contribution in [2.45, 2.75) is 25.4 Å². The minimum atomic E-state index is -0.575. The molecule has 0 unspecified atom stereocenters. The molecule has 0 radical (unpaired) electrons. The molecule has 0 bridgehead atoms. The lowest BCUT2D eigenvalue weighted by molar-refractivity contribution is -0.0332. The van der Waals surface area contributed by atoms with Crippen LogP contribution >= 0.6 is 0 Å². The van der Waals surface area contributed by atoms with Crippen molar-refractivity contribution in [2.24, 2.45) is 0 Å². The third-order valence-corrected chi connectivity index (χ3v) is 3.15. The van der Waals surface area contributed by atoms with Gasteiger partial charge in [0, 0.05) is 0 Å². The van der Waals surface area contributed by atoms with E-state index in [1.54, 1.807) is 0 Å². The quantitative estimate of drug-likeness (QED) is 0.727. The molecule has 0 spiro atoms. The fraction of sp³-hybridized carbons (Fsp3) is 0.200. The Kier molecular flexibility index (Phi) is 6.27. The summed E-state index contributed by atoms with van der Waals surface area (Å²) in [6, 6.07) is 19.6. The second-order valence-electron chi connectivity index (χ2n) is 4.77. The Morgan fingerprint density at radius 3 is 1.36 bits per heavy atom. The normalized spacial score (nSPS) is 12.8. The van der Waals surface area contributed by atoms with Gasteiger partial charge >= 0.3 is 0 Å². The standard InChI is InChI=1S/C20H18O2/c1-3-19(21-15-17-11-7-5-8-12-17)20(4-2)22-16-18-13-9-6-10-14-18/h1-2,5-14,19-20H,15-16H2/t19-,20-/m0/s1. The molecular formula is C20H18O2. The van der Waals surface area contributed by atoms with Gasteiger partial charge in [-0.1, -0.05) is 72.5 Å². The van der Waals surface area contributed by atoms with Gasteiger partial charge in [0.2, 0.25) is 0 Å². The van der Waals surface area contributed by atoms with E-state index in [-0.39, 0.29) is 0 Å². The highest BCUT2D eigenvalue weighted by Gasteiger charge is 2.19. The van der Waals surface area contributed by atoms with Crippen LogP contribution in [0.25, 0.3) is 0 Å². The molecule has 2 rings (SSSR count). The van der Waals surface area contributed by atoms with Gasteiger partial charge in [-0.15, -0.1) is 12.8 Å². The number of rotatable bonds is 7. The topological polar surface area (TPSA) is 18.5 Å². The van der Waals surface area contributed by atoms with Crippen molar-refractivity contribution in [2.75, 3.05) is 0 Å². The van der Waals surface area contributed by atoms with Gasteiger partial charge in [-0.25, -0.2) is 0 Å². The van der Waals surface area contributed by atoms with E-state index >= 15 is 0 Å². The van der Waals surface area contributed by atoms with E-state index in [9.17, 15) is 0 Å². The number of benzene rings is 2. The molecule has 2 aromatic carbocycles. The zero-order valence-electron chi connectivity index (χ0n) is 12.3. The Morgan fingerprint density at radius 2 is 1.05 bits per heavy atom. The van der Waals surface area contributed by atoms with Crippen molar-refractivity contribution in [1.29, 1.82) is 0 Å². The van der Waals surface area contributed by atoms with Crippen molar-refractivity contribution in [3.63, 3.8) is 0 Å². The predicted octanol–water partition coefficient (Wildman–Crippen LogP) is 3.42. The van der Waals surface area contributed by atoms with E-state index in [0.717, 1.165) is 11.1 Å². The lowest BCUT2D eigenvalue weighted by Gasteiger charge is -2.19. The maximum atomic E-state index is 5.72. The second-order valence-corrected chi connectivity index (χ2v) is 4.77. The van der Waals surface area contributed by atoms with Crippen molar-refractivity contribution in [3.05, 3.63) is 71.8 Å². The number of hydrogen-bond donors (Lipinski definition) is 0. The minimum Gasteiger partial charge on any atom is -0.357 e. The van der Waals surface area contributed by atoms with Gasteiger partial charge in [0.05, 0.1) is 13.2 Å². The first-order valence-corrected chi connectivity index (χ1v) is 7.07. The molecule has 0 saturated carbocycles. The van der Waals surface area contributed by atoms with E-state index in [4.69, 9.17) is 22.3 Å². The fourth-order valence-corrected chi connectivity index (χ4v) is 1.97. The molecule has 22 heavy (non-hydrogen) atoms. The summed E-state index contributed by atoms with van der Waals surface area (Å²) in [7, 11) is 0. The maximum absolute atomic E-state index is 5.72. The average Bonchev–Trinajstić information content (AvgIpc) is 2.59. The van der Waals surface area contributed by atoms with Crippen LogP contribution in [0.4, 0.5) is 0 Å². The monoisotopic (exact) mass is 290 g/mol. The Balaban J connectivity index is 1.90. The van der Waals surface area contributed by atoms with Gasteiger partial charge in [-0.3, -0.25) is 0 Å². The SMILES string of the molecule is C#C[C@H](OCc1ccccc1)[C@H](C#C)OCc1ccccc1. The van der Waals surface area contributed by atoms with Crippen LogP contribution in [0.3, 0.4) is 0 Å². The van der Waals surface area contributed by atoms with Crippen LogP contribution in [0.1, 0.15) is 11.1 Å². The Hall–Kier alpha value is -2.52. The number of hydrogen-bond acceptors (Lipinski definition) is 2. The second kappa shape index (κ2) is 8.70. The Morgan fingerprint density at radius 1 is 0.682 bits per heavy atom. The summed E-state index contributed by atoms with van der Waals surface area (Å²) in [6.45, 7) is 0.811. The van der Waals surface area contributed by atoms with Crippen molar-refractivity contribution in [1.82, 2.24) is 0 Å². The summed E-state index contributed by atoms with van der Waals surface area (Å²) in [4.78, 5) is 0. The van der Waals surface area contributed by atoms with Crippen LogP contribution in [0.5, 0.6) is 0 Å². The highest BCUT2D eigenvalue weighted by Crippen LogP contribution is 2.11. The first-order chi connectivity index (χ1) is 10.8. The van der Waals surface area contributed by atoms with E-state index in [1.165, 1.54) is 0 Å². The van der Waals surface area contributed by atoms with E-state index in [2.05, 4.69) is 11.8 Å². The first kappa shape index (κ1) is 15.9. The van der Waals surface area contributed by atoms with E-state index < -0.39 is 12.2 Å². The number of ether oxygens (including phenoxy) is 2. The zero-order chi connectivity index (χ0) is 15.6. The van der Waals surface area contributed by atoms with Crippen LogP contribution in [0.15, 0.2) is 60.7 Å². The molecule has 0 N–H and O–H groups in total. The van der Waals surface area contributed by atoms with E-state index in [1.807, 2.05) is 60.7 Å². The maximum Gasteiger partial charge on any atom is 0.155 e. The van der Waals surface area contributed by atoms with Gasteiger partial charge in [-0.2, -0.15) is 0 Å². The van der Waals surface area contributed by atoms with Crippen molar-refractivity contribution < 1.29 is 9.47 Å². The van der Waals surface area contributed by atoms with Crippen molar-refractivity contribution in [3.8, 4) is 24.7 Å².